The first-order valence-corrected chi connectivity index (χ1v) is 10.1. The number of nitrogens with zero attached hydrogens (tertiary/aromatic N) is 1. The van der Waals surface area contributed by atoms with Gasteiger partial charge in [0.2, 0.25) is 5.91 Å². The van der Waals surface area contributed by atoms with Gasteiger partial charge in [0.25, 0.3) is 0 Å². The van der Waals surface area contributed by atoms with Gasteiger partial charge in [-0.1, -0.05) is 0 Å². The third-order valence-corrected chi connectivity index (χ3v) is 5.32. The SMILES string of the molecule is CNCC1CCN(C(=O)CCCOc2ccc(S(C)(=O)=O)cc2)C1.Cl. The van der Waals surface area contributed by atoms with Gasteiger partial charge in [-0.2, -0.15) is 0 Å². The van der Waals surface area contributed by atoms with E-state index in [9.17, 15) is 13.2 Å². The average Bonchev–Trinajstić information content (AvgIpc) is 3.00. The molecule has 1 amide bonds. The van der Waals surface area contributed by atoms with E-state index in [1.165, 1.54) is 18.4 Å². The molecule has 0 aromatic heterocycles. The first-order valence-electron chi connectivity index (χ1n) is 8.25. The van der Waals surface area contributed by atoms with Crippen LogP contribution in [0.3, 0.4) is 0 Å². The number of rotatable bonds is 8. The fourth-order valence-electron chi connectivity index (χ4n) is 2.87. The van der Waals surface area contributed by atoms with Crippen molar-refractivity contribution in [2.24, 2.45) is 5.92 Å². The standard InChI is InChI=1S/C17H26N2O4S.ClH/c1-18-12-14-9-10-19(13-14)17(20)4-3-11-23-15-5-7-16(8-6-15)24(2,21)22;/h5-8,14,18H,3-4,9-13H2,1-2H3;1H. The molecule has 2 rings (SSSR count). The summed E-state index contributed by atoms with van der Waals surface area (Å²) in [5, 5.41) is 3.16. The summed E-state index contributed by atoms with van der Waals surface area (Å²) >= 11 is 0. The summed E-state index contributed by atoms with van der Waals surface area (Å²) in [7, 11) is -1.25. The lowest BCUT2D eigenvalue weighted by molar-refractivity contribution is -0.130. The van der Waals surface area contributed by atoms with Crippen molar-refractivity contribution >= 4 is 28.2 Å². The molecular weight excluding hydrogens is 364 g/mol. The minimum atomic E-state index is -3.18. The first-order chi connectivity index (χ1) is 11.4. The Kier molecular flexibility index (Phi) is 8.68. The Balaban J connectivity index is 0.00000312. The van der Waals surface area contributed by atoms with E-state index in [0.717, 1.165) is 26.1 Å². The Morgan fingerprint density at radius 2 is 2.00 bits per heavy atom. The third-order valence-electron chi connectivity index (χ3n) is 4.19. The van der Waals surface area contributed by atoms with Crippen molar-refractivity contribution in [1.29, 1.82) is 0 Å². The Bertz CT molecular complexity index is 649. The molecule has 142 valence electrons. The van der Waals surface area contributed by atoms with Gasteiger partial charge in [0.1, 0.15) is 5.75 Å². The van der Waals surface area contributed by atoms with E-state index in [1.54, 1.807) is 12.1 Å². The second kappa shape index (κ2) is 9.99. The number of likely N-dealkylation sites (tertiary alicyclic amines) is 1. The number of halogens is 1. The van der Waals surface area contributed by atoms with Crippen LogP contribution in [0.25, 0.3) is 0 Å². The topological polar surface area (TPSA) is 75.7 Å². The van der Waals surface area contributed by atoms with Crippen LogP contribution in [-0.2, 0) is 14.6 Å². The monoisotopic (exact) mass is 390 g/mol. The summed E-state index contributed by atoms with van der Waals surface area (Å²) in [5.74, 6) is 1.36. The van der Waals surface area contributed by atoms with Crippen LogP contribution in [0.4, 0.5) is 0 Å². The maximum absolute atomic E-state index is 12.1. The molecule has 0 saturated carbocycles. The fraction of sp³-hybridized carbons (Fsp3) is 0.588. The lowest BCUT2D eigenvalue weighted by atomic mass is 10.1. The summed E-state index contributed by atoms with van der Waals surface area (Å²) < 4.78 is 28.3. The van der Waals surface area contributed by atoms with Gasteiger partial charge in [0.15, 0.2) is 9.84 Å². The number of carbonyl (C=O) groups excluding carboxylic acids is 1. The predicted molar refractivity (Wildman–Crippen MR) is 100 cm³/mol. The number of amides is 1. The van der Waals surface area contributed by atoms with Gasteiger partial charge in [-0.15, -0.1) is 12.4 Å². The molecule has 1 unspecified atom stereocenters. The number of ether oxygens (including phenoxy) is 1. The first kappa shape index (κ1) is 21.7. The van der Waals surface area contributed by atoms with E-state index >= 15 is 0 Å². The molecule has 0 bridgehead atoms. The molecule has 6 nitrogen and oxygen atoms in total. The maximum Gasteiger partial charge on any atom is 0.222 e. The van der Waals surface area contributed by atoms with Crippen molar-refractivity contribution in [1.82, 2.24) is 10.2 Å². The minimum absolute atomic E-state index is 0. The van der Waals surface area contributed by atoms with Gasteiger partial charge in [0, 0.05) is 25.8 Å². The highest BCUT2D eigenvalue weighted by atomic mass is 35.5. The quantitative estimate of drug-likeness (QED) is 0.684. The molecule has 25 heavy (non-hydrogen) atoms. The molecular formula is C17H27ClN2O4S. The second-order valence-electron chi connectivity index (χ2n) is 6.25. The molecule has 8 heteroatoms. The number of hydrogen-bond acceptors (Lipinski definition) is 5. The Hall–Kier alpha value is -1.31. The van der Waals surface area contributed by atoms with Crippen molar-refractivity contribution in [3.63, 3.8) is 0 Å². The Morgan fingerprint density at radius 3 is 2.60 bits per heavy atom. The molecule has 0 radical (unpaired) electrons. The highest BCUT2D eigenvalue weighted by Gasteiger charge is 2.25. The van der Waals surface area contributed by atoms with Crippen molar-refractivity contribution in [2.45, 2.75) is 24.2 Å². The van der Waals surface area contributed by atoms with E-state index in [0.29, 0.717) is 31.1 Å². The highest BCUT2D eigenvalue weighted by molar-refractivity contribution is 7.90. The van der Waals surface area contributed by atoms with Crippen LogP contribution in [0.1, 0.15) is 19.3 Å². The number of nitrogens with one attached hydrogen (secondary N) is 1. The zero-order valence-corrected chi connectivity index (χ0v) is 16.4. The van der Waals surface area contributed by atoms with E-state index in [1.807, 2.05) is 11.9 Å². The largest absolute Gasteiger partial charge is 0.494 e. The summed E-state index contributed by atoms with van der Waals surface area (Å²) in [6, 6.07) is 6.34. The van der Waals surface area contributed by atoms with Gasteiger partial charge in [-0.25, -0.2) is 8.42 Å². The van der Waals surface area contributed by atoms with Gasteiger partial charge in [-0.05, 0) is 56.6 Å². The van der Waals surface area contributed by atoms with Gasteiger partial charge in [0.05, 0.1) is 11.5 Å². The Labute approximate surface area is 156 Å². The maximum atomic E-state index is 12.1. The van der Waals surface area contributed by atoms with Crippen LogP contribution in [-0.4, -0.2) is 58.8 Å². The predicted octanol–water partition coefficient (Wildman–Crippen LogP) is 1.74. The van der Waals surface area contributed by atoms with Crippen molar-refractivity contribution in [3.05, 3.63) is 24.3 Å². The van der Waals surface area contributed by atoms with Crippen LogP contribution >= 0.6 is 12.4 Å². The van der Waals surface area contributed by atoms with Crippen LogP contribution in [0.15, 0.2) is 29.2 Å². The summed E-state index contributed by atoms with van der Waals surface area (Å²) in [5.41, 5.74) is 0. The highest BCUT2D eigenvalue weighted by Crippen LogP contribution is 2.18. The second-order valence-corrected chi connectivity index (χ2v) is 8.26. The van der Waals surface area contributed by atoms with Crippen LogP contribution in [0, 0.1) is 5.92 Å². The van der Waals surface area contributed by atoms with E-state index < -0.39 is 9.84 Å². The number of hydrogen-bond donors (Lipinski definition) is 1. The summed E-state index contributed by atoms with van der Waals surface area (Å²) in [6.07, 6.45) is 3.37. The zero-order valence-electron chi connectivity index (χ0n) is 14.7. The molecule has 1 aromatic carbocycles. The van der Waals surface area contributed by atoms with Gasteiger partial charge >= 0.3 is 0 Å². The zero-order chi connectivity index (χ0) is 17.6. The van der Waals surface area contributed by atoms with Crippen LogP contribution < -0.4 is 10.1 Å². The fourth-order valence-corrected chi connectivity index (χ4v) is 3.50. The number of carbonyl (C=O) groups is 1. The van der Waals surface area contributed by atoms with Gasteiger partial charge in [-0.3, -0.25) is 4.79 Å². The Morgan fingerprint density at radius 1 is 1.32 bits per heavy atom. The lowest BCUT2D eigenvalue weighted by Crippen LogP contribution is -2.30. The molecule has 1 fully saturated rings. The van der Waals surface area contributed by atoms with Crippen molar-refractivity contribution < 1.29 is 17.9 Å². The number of benzene rings is 1. The van der Waals surface area contributed by atoms with Gasteiger partial charge < -0.3 is 15.0 Å². The average molecular weight is 391 g/mol. The minimum Gasteiger partial charge on any atom is -0.494 e. The van der Waals surface area contributed by atoms with Crippen molar-refractivity contribution in [2.75, 3.05) is 39.5 Å². The molecule has 0 spiro atoms. The molecule has 1 aliphatic rings. The number of sulfone groups is 1. The molecule has 0 aliphatic carbocycles. The van der Waals surface area contributed by atoms with E-state index in [4.69, 9.17) is 4.74 Å². The molecule has 1 heterocycles. The summed E-state index contributed by atoms with van der Waals surface area (Å²) in [6.45, 7) is 3.08. The lowest BCUT2D eigenvalue weighted by Gasteiger charge is -2.16. The van der Waals surface area contributed by atoms with E-state index in [2.05, 4.69) is 5.32 Å². The van der Waals surface area contributed by atoms with Crippen LogP contribution in [0.5, 0.6) is 5.75 Å². The normalized spacial score (nSPS) is 17.2. The summed E-state index contributed by atoms with van der Waals surface area (Å²) in [4.78, 5) is 14.4. The molecule has 1 aliphatic heterocycles. The third kappa shape index (κ3) is 6.84. The molecule has 1 atom stereocenters. The smallest absolute Gasteiger partial charge is 0.222 e. The van der Waals surface area contributed by atoms with E-state index in [-0.39, 0.29) is 23.2 Å². The molecule has 1 saturated heterocycles. The van der Waals surface area contributed by atoms with Crippen molar-refractivity contribution in [3.8, 4) is 5.75 Å². The molecule has 1 aromatic rings. The molecule has 1 N–H and O–H groups in total. The van der Waals surface area contributed by atoms with Crippen LogP contribution in [0.2, 0.25) is 0 Å².